The molecule has 0 saturated heterocycles. The molecule has 0 bridgehead atoms. The lowest BCUT2D eigenvalue weighted by molar-refractivity contribution is -0.120. The highest BCUT2D eigenvalue weighted by Crippen LogP contribution is 2.41. The molecule has 0 radical (unpaired) electrons. The highest BCUT2D eigenvalue weighted by molar-refractivity contribution is 8.14. The number of nitrogens with zero attached hydrogens (tertiary/aromatic N) is 5. The number of rotatable bonds is 10. The van der Waals surface area contributed by atoms with E-state index in [2.05, 4.69) is 41.3 Å². The molecule has 1 aliphatic heterocycles. The Morgan fingerprint density at radius 1 is 0.975 bits per heavy atom. The van der Waals surface area contributed by atoms with Crippen molar-refractivity contribution in [2.75, 3.05) is 19.5 Å². The summed E-state index contributed by atoms with van der Waals surface area (Å²) >= 11 is 2.96. The number of ether oxygens (including phenoxy) is 2. The first-order valence-corrected chi connectivity index (χ1v) is 14.6. The molecule has 0 aromatic carbocycles. The SMILES string of the molecule is COc1cc(CC(=O)Nc2nnc(C3CCCC(C4=NNC(NC(=O)Cc5ccnc(OC)c5)S4)C3)s2)ccn1. The summed E-state index contributed by atoms with van der Waals surface area (Å²) in [6.45, 7) is 0. The number of anilines is 1. The van der Waals surface area contributed by atoms with Crippen molar-refractivity contribution >= 4 is 45.1 Å². The first-order valence-electron chi connectivity index (χ1n) is 12.9. The van der Waals surface area contributed by atoms with Crippen LogP contribution in [0.25, 0.3) is 0 Å². The van der Waals surface area contributed by atoms with Crippen LogP contribution in [-0.2, 0) is 22.4 Å². The van der Waals surface area contributed by atoms with Gasteiger partial charge in [-0.05, 0) is 42.5 Å². The minimum atomic E-state index is -0.310. The lowest BCUT2D eigenvalue weighted by Gasteiger charge is -2.27. The Labute approximate surface area is 239 Å². The summed E-state index contributed by atoms with van der Waals surface area (Å²) in [6.07, 6.45) is 7.63. The average Bonchev–Trinajstić information content (AvgIpc) is 3.63. The number of carbonyl (C=O) groups excluding carboxylic acids is 2. The van der Waals surface area contributed by atoms with E-state index in [0.717, 1.165) is 46.9 Å². The standard InChI is InChI=1S/C26H30N8O4S2/c1-37-21-12-15(6-8-27-21)10-19(35)29-25-33-31-23(39-25)17-4-3-5-18(14-17)24-32-34-26(40-24)30-20(36)11-16-7-9-28-22(13-16)38-2/h6-9,12-13,17-18,25,33H,3-5,10-11,14H2,1-2H3,(H,29,35)(H,30,34,36). The molecule has 210 valence electrons. The van der Waals surface area contributed by atoms with Gasteiger partial charge in [0.05, 0.1) is 27.1 Å². The second-order valence-electron chi connectivity index (χ2n) is 9.47. The molecule has 14 heteroatoms. The van der Waals surface area contributed by atoms with E-state index in [9.17, 15) is 9.59 Å². The van der Waals surface area contributed by atoms with Gasteiger partial charge in [-0.1, -0.05) is 29.5 Å². The van der Waals surface area contributed by atoms with Gasteiger partial charge >= 0.3 is 0 Å². The molecule has 3 aromatic heterocycles. The van der Waals surface area contributed by atoms with Crippen LogP contribution in [0.15, 0.2) is 41.8 Å². The number of carbonyl (C=O) groups is 2. The molecule has 3 aromatic rings. The summed E-state index contributed by atoms with van der Waals surface area (Å²) < 4.78 is 10.3. The number of hydrogen-bond acceptors (Lipinski definition) is 12. The molecule has 5 rings (SSSR count). The van der Waals surface area contributed by atoms with Crippen molar-refractivity contribution in [3.63, 3.8) is 0 Å². The van der Waals surface area contributed by atoms with Crippen LogP contribution in [0.2, 0.25) is 0 Å². The van der Waals surface area contributed by atoms with Crippen molar-refractivity contribution in [3.05, 3.63) is 52.8 Å². The fourth-order valence-corrected chi connectivity index (χ4v) is 6.67. The molecule has 3 N–H and O–H groups in total. The fourth-order valence-electron chi connectivity index (χ4n) is 4.71. The molecule has 0 spiro atoms. The van der Waals surface area contributed by atoms with Crippen molar-refractivity contribution in [3.8, 4) is 11.8 Å². The zero-order valence-electron chi connectivity index (χ0n) is 22.1. The summed E-state index contributed by atoms with van der Waals surface area (Å²) in [5, 5.41) is 21.4. The summed E-state index contributed by atoms with van der Waals surface area (Å²) in [7, 11) is 3.09. The van der Waals surface area contributed by atoms with Gasteiger partial charge in [-0.15, -0.1) is 10.2 Å². The van der Waals surface area contributed by atoms with Crippen LogP contribution in [-0.4, -0.2) is 56.7 Å². The molecule has 3 unspecified atom stereocenters. The maximum absolute atomic E-state index is 12.6. The second-order valence-corrected chi connectivity index (χ2v) is 11.6. The Hall–Kier alpha value is -3.78. The van der Waals surface area contributed by atoms with Crippen molar-refractivity contribution in [2.24, 2.45) is 11.0 Å². The molecule has 1 aliphatic carbocycles. The average molecular weight is 583 g/mol. The minimum absolute atomic E-state index is 0.109. The van der Waals surface area contributed by atoms with Gasteiger partial charge in [0.25, 0.3) is 0 Å². The number of nitrogens with one attached hydrogen (secondary N) is 3. The van der Waals surface area contributed by atoms with Gasteiger partial charge in [0.1, 0.15) is 10.1 Å². The molecular formula is C26H30N8O4S2. The maximum Gasteiger partial charge on any atom is 0.230 e. The number of hydrogen-bond donors (Lipinski definition) is 3. The van der Waals surface area contributed by atoms with Crippen molar-refractivity contribution < 1.29 is 19.1 Å². The van der Waals surface area contributed by atoms with Gasteiger partial charge in [-0.3, -0.25) is 15.0 Å². The number of amides is 2. The fraction of sp³-hybridized carbons (Fsp3) is 0.423. The van der Waals surface area contributed by atoms with Gasteiger partial charge in [-0.2, -0.15) is 5.10 Å². The van der Waals surface area contributed by atoms with E-state index in [1.807, 2.05) is 0 Å². The number of methoxy groups -OCH3 is 2. The maximum atomic E-state index is 12.6. The lowest BCUT2D eigenvalue weighted by atomic mass is 9.82. The Balaban J connectivity index is 1.10. The Kier molecular flexibility index (Phi) is 9.06. The van der Waals surface area contributed by atoms with Crippen molar-refractivity contribution in [1.82, 2.24) is 30.9 Å². The molecule has 40 heavy (non-hydrogen) atoms. The number of hydrazone groups is 1. The van der Waals surface area contributed by atoms with Gasteiger partial charge < -0.3 is 20.1 Å². The number of thioether (sulfide) groups is 1. The van der Waals surface area contributed by atoms with Crippen molar-refractivity contribution in [1.29, 1.82) is 0 Å². The first kappa shape index (κ1) is 27.8. The quantitative estimate of drug-likeness (QED) is 0.325. The smallest absolute Gasteiger partial charge is 0.230 e. The van der Waals surface area contributed by atoms with Crippen LogP contribution >= 0.6 is 23.1 Å². The van der Waals surface area contributed by atoms with Gasteiger partial charge in [0, 0.05) is 36.4 Å². The molecule has 3 atom stereocenters. The highest BCUT2D eigenvalue weighted by atomic mass is 32.2. The van der Waals surface area contributed by atoms with E-state index in [-0.39, 0.29) is 42.0 Å². The highest BCUT2D eigenvalue weighted by Gasteiger charge is 2.33. The van der Waals surface area contributed by atoms with Crippen LogP contribution in [0.1, 0.15) is 47.7 Å². The number of aromatic nitrogens is 4. The molecular weight excluding hydrogens is 552 g/mol. The third-order valence-corrected chi connectivity index (χ3v) is 8.75. The molecule has 2 amide bonds. The van der Waals surface area contributed by atoms with E-state index < -0.39 is 0 Å². The van der Waals surface area contributed by atoms with Gasteiger partial charge in [0.2, 0.25) is 28.7 Å². The first-order chi connectivity index (χ1) is 19.5. The molecule has 2 aliphatic rings. The Bertz CT molecular complexity index is 1380. The van der Waals surface area contributed by atoms with Crippen LogP contribution in [0.4, 0.5) is 5.13 Å². The van der Waals surface area contributed by atoms with Gasteiger partial charge in [-0.25, -0.2) is 9.97 Å². The predicted molar refractivity (Wildman–Crippen MR) is 152 cm³/mol. The predicted octanol–water partition coefficient (Wildman–Crippen LogP) is 3.09. The summed E-state index contributed by atoms with van der Waals surface area (Å²) in [5.41, 5.74) is 4.37. The largest absolute Gasteiger partial charge is 0.481 e. The topological polar surface area (TPSA) is 153 Å². The van der Waals surface area contributed by atoms with Crippen LogP contribution in [0.5, 0.6) is 11.8 Å². The van der Waals surface area contributed by atoms with E-state index in [4.69, 9.17) is 9.47 Å². The summed E-state index contributed by atoms with van der Waals surface area (Å²) in [6, 6.07) is 7.06. The molecule has 4 heterocycles. The van der Waals surface area contributed by atoms with Crippen molar-refractivity contribution in [2.45, 2.75) is 49.9 Å². The summed E-state index contributed by atoms with van der Waals surface area (Å²) in [5.74, 6) is 1.18. The summed E-state index contributed by atoms with van der Waals surface area (Å²) in [4.78, 5) is 33.2. The Morgan fingerprint density at radius 3 is 2.35 bits per heavy atom. The van der Waals surface area contributed by atoms with Crippen LogP contribution in [0, 0.1) is 5.92 Å². The van der Waals surface area contributed by atoms with E-state index in [1.165, 1.54) is 11.3 Å². The monoisotopic (exact) mass is 582 g/mol. The third kappa shape index (κ3) is 7.24. The van der Waals surface area contributed by atoms with E-state index in [1.54, 1.807) is 62.6 Å². The Morgan fingerprint density at radius 2 is 1.65 bits per heavy atom. The number of pyridine rings is 2. The van der Waals surface area contributed by atoms with Gasteiger partial charge in [0.15, 0.2) is 5.50 Å². The van der Waals surface area contributed by atoms with E-state index >= 15 is 0 Å². The minimum Gasteiger partial charge on any atom is -0.481 e. The zero-order chi connectivity index (χ0) is 27.9. The zero-order valence-corrected chi connectivity index (χ0v) is 23.8. The second kappa shape index (κ2) is 13.0. The normalized spacial score (nSPS) is 20.2. The third-order valence-electron chi connectivity index (χ3n) is 6.63. The van der Waals surface area contributed by atoms with Crippen LogP contribution < -0.4 is 25.5 Å². The van der Waals surface area contributed by atoms with E-state index in [0.29, 0.717) is 16.9 Å². The molecule has 1 fully saturated rings. The molecule has 12 nitrogen and oxygen atoms in total. The molecule has 1 saturated carbocycles. The lowest BCUT2D eigenvalue weighted by Crippen LogP contribution is -2.39. The van der Waals surface area contributed by atoms with Crippen LogP contribution in [0.3, 0.4) is 0 Å².